The molecule has 0 amide bonds. The molecule has 2 aromatic rings. The first-order chi connectivity index (χ1) is 7.83. The first-order valence-electron chi connectivity index (χ1n) is 5.44. The van der Waals surface area contributed by atoms with Crippen LogP contribution in [-0.4, -0.2) is 9.61 Å². The van der Waals surface area contributed by atoms with E-state index in [1.165, 1.54) is 0 Å². The van der Waals surface area contributed by atoms with Gasteiger partial charge in [0, 0.05) is 24.2 Å². The van der Waals surface area contributed by atoms with Gasteiger partial charge in [-0.2, -0.15) is 5.10 Å². The highest BCUT2D eigenvalue weighted by Crippen LogP contribution is 2.21. The van der Waals surface area contributed by atoms with Crippen LogP contribution >= 0.6 is 0 Å². The fourth-order valence-electron chi connectivity index (χ4n) is 1.82. The number of nitrogens with two attached hydrogens (primary N) is 1. The van der Waals surface area contributed by atoms with Crippen LogP contribution in [0.15, 0.2) is 30.6 Å². The molecule has 3 nitrogen and oxygen atoms in total. The van der Waals surface area contributed by atoms with Crippen molar-refractivity contribution in [2.75, 3.05) is 0 Å². The lowest BCUT2D eigenvalue weighted by Crippen LogP contribution is -2.09. The van der Waals surface area contributed by atoms with Gasteiger partial charge in [0.1, 0.15) is 0 Å². The molecule has 2 aromatic heterocycles. The van der Waals surface area contributed by atoms with Gasteiger partial charge >= 0.3 is 0 Å². The Balaban J connectivity index is 2.17. The zero-order valence-electron chi connectivity index (χ0n) is 9.13. The van der Waals surface area contributed by atoms with E-state index < -0.39 is 0 Å². The Morgan fingerprint density at radius 2 is 2.38 bits per heavy atom. The van der Waals surface area contributed by atoms with E-state index >= 15 is 0 Å². The van der Waals surface area contributed by atoms with Crippen molar-refractivity contribution in [3.05, 3.63) is 36.2 Å². The molecule has 1 atom stereocenters. The minimum atomic E-state index is 0.0215. The maximum atomic E-state index is 6.12. The second-order valence-electron chi connectivity index (χ2n) is 3.83. The summed E-state index contributed by atoms with van der Waals surface area (Å²) in [5.41, 5.74) is 8.30. The molecule has 0 aliphatic carbocycles. The molecule has 0 bridgehead atoms. The highest BCUT2D eigenvalue weighted by Gasteiger charge is 2.11. The zero-order chi connectivity index (χ0) is 11.4. The normalized spacial score (nSPS) is 12.5. The summed E-state index contributed by atoms with van der Waals surface area (Å²) in [6, 6.07) is 6.00. The van der Waals surface area contributed by atoms with Gasteiger partial charge in [-0.1, -0.05) is 6.07 Å². The summed E-state index contributed by atoms with van der Waals surface area (Å²) in [5, 5.41) is 4.26. The van der Waals surface area contributed by atoms with Crippen LogP contribution in [0, 0.1) is 12.3 Å². The third-order valence-corrected chi connectivity index (χ3v) is 2.69. The molecule has 1 unspecified atom stereocenters. The number of fused-ring (bicyclic) bond motifs is 1. The van der Waals surface area contributed by atoms with Crippen molar-refractivity contribution < 1.29 is 0 Å². The van der Waals surface area contributed by atoms with E-state index in [0.717, 1.165) is 30.3 Å². The summed E-state index contributed by atoms with van der Waals surface area (Å²) in [7, 11) is 0. The Morgan fingerprint density at radius 1 is 1.50 bits per heavy atom. The van der Waals surface area contributed by atoms with Crippen molar-refractivity contribution in [2.45, 2.75) is 25.3 Å². The van der Waals surface area contributed by atoms with E-state index in [1.54, 1.807) is 0 Å². The van der Waals surface area contributed by atoms with Crippen molar-refractivity contribution in [2.24, 2.45) is 5.73 Å². The number of aromatic nitrogens is 2. The van der Waals surface area contributed by atoms with Gasteiger partial charge in [0.05, 0.1) is 11.7 Å². The molecule has 82 valence electrons. The van der Waals surface area contributed by atoms with Crippen molar-refractivity contribution in [3.63, 3.8) is 0 Å². The summed E-state index contributed by atoms with van der Waals surface area (Å²) in [6.07, 6.45) is 11.6. The van der Waals surface area contributed by atoms with Gasteiger partial charge in [-0.05, 0) is 25.0 Å². The Morgan fingerprint density at radius 3 is 3.19 bits per heavy atom. The third-order valence-electron chi connectivity index (χ3n) is 2.69. The fraction of sp³-hybridized carbons (Fsp3) is 0.308. The molecule has 0 aromatic carbocycles. The summed E-state index contributed by atoms with van der Waals surface area (Å²) in [6.45, 7) is 0. The van der Waals surface area contributed by atoms with Crippen LogP contribution in [0.3, 0.4) is 0 Å². The van der Waals surface area contributed by atoms with E-state index in [0.29, 0.717) is 0 Å². The van der Waals surface area contributed by atoms with E-state index in [1.807, 2.05) is 35.1 Å². The van der Waals surface area contributed by atoms with Crippen LogP contribution in [0.5, 0.6) is 0 Å². The van der Waals surface area contributed by atoms with Gasteiger partial charge in [-0.25, -0.2) is 4.52 Å². The van der Waals surface area contributed by atoms with Crippen LogP contribution in [0.1, 0.15) is 30.9 Å². The van der Waals surface area contributed by atoms with Gasteiger partial charge in [-0.3, -0.25) is 0 Å². The fourth-order valence-corrected chi connectivity index (χ4v) is 1.82. The molecule has 0 fully saturated rings. The minimum absolute atomic E-state index is 0.0215. The quantitative estimate of drug-likeness (QED) is 0.624. The Bertz CT molecular complexity index is 507. The molecular formula is C13H15N3. The topological polar surface area (TPSA) is 43.3 Å². The monoisotopic (exact) mass is 213 g/mol. The third kappa shape index (κ3) is 2.07. The first kappa shape index (κ1) is 10.7. The molecule has 0 aliphatic heterocycles. The Hall–Kier alpha value is -1.79. The van der Waals surface area contributed by atoms with Crippen LogP contribution in [0.25, 0.3) is 5.52 Å². The SMILES string of the molecule is C#CCCCC(N)c1cnn2ccccc12. The van der Waals surface area contributed by atoms with Crippen LogP contribution in [0.2, 0.25) is 0 Å². The average Bonchev–Trinajstić information content (AvgIpc) is 2.73. The summed E-state index contributed by atoms with van der Waals surface area (Å²) in [5.74, 6) is 2.63. The van der Waals surface area contributed by atoms with Gasteiger partial charge in [0.25, 0.3) is 0 Å². The van der Waals surface area contributed by atoms with Crippen molar-refractivity contribution in [1.29, 1.82) is 0 Å². The van der Waals surface area contributed by atoms with Crippen molar-refractivity contribution in [1.82, 2.24) is 9.61 Å². The second-order valence-corrected chi connectivity index (χ2v) is 3.83. The standard InChI is InChI=1S/C13H15N3/c1-2-3-4-7-12(14)11-10-15-16-9-6-5-8-13(11)16/h1,5-6,8-10,12H,3-4,7,14H2. The number of terminal acetylenes is 1. The molecule has 0 radical (unpaired) electrons. The predicted octanol–water partition coefficient (Wildman–Crippen LogP) is 2.14. The van der Waals surface area contributed by atoms with E-state index in [2.05, 4.69) is 11.0 Å². The van der Waals surface area contributed by atoms with E-state index in [-0.39, 0.29) is 6.04 Å². The lowest BCUT2D eigenvalue weighted by molar-refractivity contribution is 0.624. The van der Waals surface area contributed by atoms with Gasteiger partial charge in [0.2, 0.25) is 0 Å². The predicted molar refractivity (Wildman–Crippen MR) is 64.8 cm³/mol. The number of pyridine rings is 1. The molecule has 2 heterocycles. The molecule has 0 spiro atoms. The van der Waals surface area contributed by atoms with Crippen LogP contribution in [-0.2, 0) is 0 Å². The molecule has 16 heavy (non-hydrogen) atoms. The molecule has 3 heteroatoms. The zero-order valence-corrected chi connectivity index (χ0v) is 9.13. The van der Waals surface area contributed by atoms with Gasteiger partial charge in [0.15, 0.2) is 0 Å². The Labute approximate surface area is 95.3 Å². The van der Waals surface area contributed by atoms with Gasteiger partial charge in [-0.15, -0.1) is 12.3 Å². The maximum absolute atomic E-state index is 6.12. The number of hydrogen-bond donors (Lipinski definition) is 1. The average molecular weight is 213 g/mol. The lowest BCUT2D eigenvalue weighted by Gasteiger charge is -2.08. The number of rotatable bonds is 4. The van der Waals surface area contributed by atoms with Crippen molar-refractivity contribution >= 4 is 5.52 Å². The first-order valence-corrected chi connectivity index (χ1v) is 5.44. The summed E-state index contributed by atoms with van der Waals surface area (Å²) >= 11 is 0. The summed E-state index contributed by atoms with van der Waals surface area (Å²) in [4.78, 5) is 0. The molecular weight excluding hydrogens is 198 g/mol. The molecule has 2 rings (SSSR count). The Kier molecular flexibility index (Phi) is 3.23. The second kappa shape index (κ2) is 4.82. The lowest BCUT2D eigenvalue weighted by atomic mass is 10.0. The minimum Gasteiger partial charge on any atom is -0.324 e. The molecule has 2 N–H and O–H groups in total. The summed E-state index contributed by atoms with van der Waals surface area (Å²) < 4.78 is 1.84. The van der Waals surface area contributed by atoms with Gasteiger partial charge < -0.3 is 5.73 Å². The number of nitrogens with zero attached hydrogens (tertiary/aromatic N) is 2. The maximum Gasteiger partial charge on any atom is 0.0709 e. The number of unbranched alkanes of at least 4 members (excludes halogenated alkanes) is 1. The van der Waals surface area contributed by atoms with E-state index in [9.17, 15) is 0 Å². The smallest absolute Gasteiger partial charge is 0.0709 e. The molecule has 0 aliphatic rings. The molecule has 0 saturated carbocycles. The largest absolute Gasteiger partial charge is 0.324 e. The van der Waals surface area contributed by atoms with Crippen LogP contribution < -0.4 is 5.73 Å². The van der Waals surface area contributed by atoms with Crippen molar-refractivity contribution in [3.8, 4) is 12.3 Å². The van der Waals surface area contributed by atoms with E-state index in [4.69, 9.17) is 12.2 Å². The highest BCUT2D eigenvalue weighted by molar-refractivity contribution is 5.54. The molecule has 0 saturated heterocycles. The van der Waals surface area contributed by atoms with Crippen LogP contribution in [0.4, 0.5) is 0 Å². The number of hydrogen-bond acceptors (Lipinski definition) is 2. The highest BCUT2D eigenvalue weighted by atomic mass is 15.2.